The Morgan fingerprint density at radius 3 is 1.24 bits per heavy atom. The molecule has 0 aliphatic rings. The first-order chi connectivity index (χ1) is 13.5. The molecule has 0 amide bonds. The van der Waals surface area contributed by atoms with E-state index in [1.807, 2.05) is 85.3 Å². The Labute approximate surface area is 204 Å². The summed E-state index contributed by atoms with van der Waals surface area (Å²) in [5.74, 6) is 0. The molecule has 2 nitrogen and oxygen atoms in total. The van der Waals surface area contributed by atoms with Crippen LogP contribution in [-0.4, -0.2) is 36.7 Å². The Kier molecular flexibility index (Phi) is 16.0. The Hall–Kier alpha value is -1.11. The zero-order chi connectivity index (χ0) is 20.8. The van der Waals surface area contributed by atoms with Gasteiger partial charge in [-0.25, -0.2) is 0 Å². The van der Waals surface area contributed by atoms with Crippen LogP contribution >= 0.6 is 23.5 Å². The fourth-order valence-corrected chi connectivity index (χ4v) is 3.51. The molecule has 0 fully saturated rings. The van der Waals surface area contributed by atoms with Gasteiger partial charge in [0.05, 0.1) is 10.1 Å². The Morgan fingerprint density at radius 2 is 1.00 bits per heavy atom. The molecule has 0 heterocycles. The number of nitrogens with zero attached hydrogens (tertiary/aromatic N) is 2. The fourth-order valence-electron chi connectivity index (χ4n) is 2.03. The molecule has 156 valence electrons. The summed E-state index contributed by atoms with van der Waals surface area (Å²) >= 11 is 13.8. The summed E-state index contributed by atoms with van der Waals surface area (Å²) in [6, 6.07) is 19.9. The van der Waals surface area contributed by atoms with Crippen LogP contribution in [0.15, 0.2) is 82.8 Å². The molecule has 0 radical (unpaired) electrons. The van der Waals surface area contributed by atoms with Gasteiger partial charge in [0.2, 0.25) is 0 Å². The maximum atomic E-state index is 5.28. The predicted octanol–water partition coefficient (Wildman–Crippen LogP) is 5.93. The largest absolute Gasteiger partial charge is 2.00 e. The molecular weight excluding hydrogens is 479 g/mol. The average molecular weight is 503 g/mol. The van der Waals surface area contributed by atoms with Crippen LogP contribution < -0.4 is 0 Å². The van der Waals surface area contributed by atoms with Gasteiger partial charge in [-0.3, -0.25) is 9.98 Å². The third-order valence-corrected chi connectivity index (χ3v) is 5.63. The van der Waals surface area contributed by atoms with Crippen LogP contribution in [0.4, 0.5) is 0 Å². The number of hydrogen-bond donors (Lipinski definition) is 0. The van der Waals surface area contributed by atoms with Crippen molar-refractivity contribution in [1.29, 1.82) is 0 Å². The van der Waals surface area contributed by atoms with Gasteiger partial charge in [0.1, 0.15) is 0 Å². The molecule has 0 aliphatic carbocycles. The third kappa shape index (κ3) is 11.0. The average Bonchev–Trinajstić information content (AvgIpc) is 2.77. The minimum atomic E-state index is 0. The first-order valence-corrected chi connectivity index (χ1v) is 11.7. The molecular formula is C22H24N2NiS4. The number of rotatable bonds is 4. The second kappa shape index (κ2) is 16.7. The molecule has 0 saturated heterocycles. The van der Waals surface area contributed by atoms with E-state index >= 15 is 0 Å². The van der Waals surface area contributed by atoms with E-state index in [9.17, 15) is 0 Å². The van der Waals surface area contributed by atoms with Gasteiger partial charge in [-0.2, -0.15) is 9.81 Å². The van der Waals surface area contributed by atoms with Gasteiger partial charge in [-0.1, -0.05) is 60.7 Å². The first kappa shape index (κ1) is 27.9. The van der Waals surface area contributed by atoms with Crippen molar-refractivity contribution < 1.29 is 16.5 Å². The molecule has 0 N–H and O–H groups in total. The first-order valence-electron chi connectivity index (χ1n) is 8.45. The molecule has 2 aromatic rings. The maximum absolute atomic E-state index is 5.28. The second-order valence-electron chi connectivity index (χ2n) is 5.28. The van der Waals surface area contributed by atoms with Crippen molar-refractivity contribution in [2.75, 3.05) is 26.6 Å². The van der Waals surface area contributed by atoms with Crippen LogP contribution in [0, 0.1) is 0 Å². The summed E-state index contributed by atoms with van der Waals surface area (Å²) in [7, 11) is 3.55. The summed E-state index contributed by atoms with van der Waals surface area (Å²) in [4.78, 5) is 9.88. The quantitative estimate of drug-likeness (QED) is 0.224. The summed E-state index contributed by atoms with van der Waals surface area (Å²) in [5, 5.41) is 1.91. The van der Waals surface area contributed by atoms with E-state index in [1.54, 1.807) is 37.6 Å². The van der Waals surface area contributed by atoms with E-state index in [0.29, 0.717) is 0 Å². The van der Waals surface area contributed by atoms with Crippen molar-refractivity contribution in [2.24, 2.45) is 9.98 Å². The molecule has 0 unspecified atom stereocenters. The number of benzene rings is 2. The third-order valence-electron chi connectivity index (χ3n) is 3.48. The van der Waals surface area contributed by atoms with Gasteiger partial charge >= 0.3 is 16.5 Å². The maximum Gasteiger partial charge on any atom is 2.00 e. The number of aliphatic imine (C=N–C) groups is 2. The molecule has 0 aromatic heterocycles. The van der Waals surface area contributed by atoms with Gasteiger partial charge in [-0.05, 0) is 35.8 Å². The topological polar surface area (TPSA) is 24.7 Å². The number of hydrogen-bond acceptors (Lipinski definition) is 6. The van der Waals surface area contributed by atoms with Crippen LogP contribution in [0.3, 0.4) is 0 Å². The number of thioether (sulfide) groups is 2. The molecule has 0 spiro atoms. The van der Waals surface area contributed by atoms with Gasteiger partial charge in [0.15, 0.2) is 0 Å². The van der Waals surface area contributed by atoms with Crippen LogP contribution in [0.25, 0.3) is 9.81 Å². The molecule has 0 saturated carbocycles. The normalized spacial score (nSPS) is 12.6. The fraction of sp³-hybridized carbons (Fsp3) is 0.182. The smallest absolute Gasteiger partial charge is 0.779 e. The standard InChI is InChI=1S/2C11H13NS2.Ni/c2*1-12-11(14-2)8-10(13)9-6-4-3-5-7-9;/h2*3-8,13H,1-2H3;/q;;+2/p-2/b2*10-8-,12-11?;. The summed E-state index contributed by atoms with van der Waals surface area (Å²) in [6.07, 6.45) is 7.84. The monoisotopic (exact) mass is 502 g/mol. The van der Waals surface area contributed by atoms with E-state index in [1.165, 1.54) is 0 Å². The van der Waals surface area contributed by atoms with Crippen molar-refractivity contribution in [3.05, 3.63) is 83.9 Å². The Morgan fingerprint density at radius 1 is 0.690 bits per heavy atom. The van der Waals surface area contributed by atoms with Crippen LogP contribution in [0.2, 0.25) is 0 Å². The molecule has 0 aliphatic heterocycles. The molecule has 2 rings (SSSR count). The SMILES string of the molecule is CN=C(/C=C(\[S-])c1ccccc1)SC.CN=C(/C=C(\[S-])c1ccccc1)SC.[Ni+2]. The van der Waals surface area contributed by atoms with Gasteiger partial charge in [-0.15, -0.1) is 23.5 Å². The van der Waals surface area contributed by atoms with Crippen LogP contribution in [-0.2, 0) is 41.7 Å². The molecule has 0 bridgehead atoms. The van der Waals surface area contributed by atoms with E-state index in [0.717, 1.165) is 31.0 Å². The van der Waals surface area contributed by atoms with E-state index in [-0.39, 0.29) is 16.5 Å². The molecule has 0 atom stereocenters. The van der Waals surface area contributed by atoms with Crippen molar-refractivity contribution in [3.8, 4) is 0 Å². The minimum absolute atomic E-state index is 0. The van der Waals surface area contributed by atoms with Crippen molar-refractivity contribution in [3.63, 3.8) is 0 Å². The van der Waals surface area contributed by atoms with Crippen molar-refractivity contribution in [1.82, 2.24) is 0 Å². The van der Waals surface area contributed by atoms with Gasteiger partial charge in [0.25, 0.3) is 0 Å². The van der Waals surface area contributed by atoms with Crippen LogP contribution in [0.5, 0.6) is 0 Å². The Bertz CT molecular complexity index is 761. The summed E-state index contributed by atoms with van der Waals surface area (Å²) in [6.45, 7) is 0. The summed E-state index contributed by atoms with van der Waals surface area (Å²) < 4.78 is 0. The van der Waals surface area contributed by atoms with Gasteiger partial charge < -0.3 is 25.3 Å². The minimum Gasteiger partial charge on any atom is -0.779 e. The van der Waals surface area contributed by atoms with Crippen molar-refractivity contribution >= 4 is 68.7 Å². The Balaban J connectivity index is 0.000000523. The van der Waals surface area contributed by atoms with Crippen molar-refractivity contribution in [2.45, 2.75) is 0 Å². The van der Waals surface area contributed by atoms with E-state index < -0.39 is 0 Å². The van der Waals surface area contributed by atoms with Crippen LogP contribution in [0.1, 0.15) is 11.1 Å². The molecule has 7 heteroatoms. The van der Waals surface area contributed by atoms with E-state index in [4.69, 9.17) is 25.3 Å². The molecule has 29 heavy (non-hydrogen) atoms. The summed E-state index contributed by atoms with van der Waals surface area (Å²) in [5.41, 5.74) is 2.13. The zero-order valence-electron chi connectivity index (χ0n) is 16.8. The predicted molar refractivity (Wildman–Crippen MR) is 137 cm³/mol. The zero-order valence-corrected chi connectivity index (χ0v) is 21.0. The second-order valence-corrected chi connectivity index (χ2v) is 7.81. The van der Waals surface area contributed by atoms with E-state index in [2.05, 4.69) is 9.98 Å². The molecule has 2 aromatic carbocycles. The van der Waals surface area contributed by atoms with Gasteiger partial charge in [0, 0.05) is 14.1 Å².